The number of rotatable bonds is 3. The standard InChI is InChI=1S/C10H8N2O6S.2Na/c13-9-5-8(10(14)15)11-12(9)6-1-3-7(4-2-6)19(16,17)18;;/h1-4H,5H2,(H,14,15)(H,16,17,18);;/q;2*+1/p-2. The van der Waals surface area contributed by atoms with Crippen molar-refractivity contribution in [2.24, 2.45) is 5.10 Å². The number of aliphatic carboxylic acids is 1. The van der Waals surface area contributed by atoms with Gasteiger partial charge in [0.15, 0.2) is 0 Å². The van der Waals surface area contributed by atoms with Crippen molar-refractivity contribution in [2.45, 2.75) is 11.3 Å². The number of hydrogen-bond donors (Lipinski definition) is 0. The van der Waals surface area contributed by atoms with E-state index in [1.165, 1.54) is 12.1 Å². The number of benzene rings is 1. The largest absolute Gasteiger partial charge is 1.00 e. The average molecular weight is 328 g/mol. The predicted molar refractivity (Wildman–Crippen MR) is 59.0 cm³/mol. The van der Waals surface area contributed by atoms with Crippen molar-refractivity contribution in [3.8, 4) is 0 Å². The molecule has 1 aliphatic rings. The first-order valence-electron chi connectivity index (χ1n) is 4.97. The molecule has 0 saturated heterocycles. The first-order valence-corrected chi connectivity index (χ1v) is 6.37. The third-order valence-electron chi connectivity index (χ3n) is 2.38. The summed E-state index contributed by atoms with van der Waals surface area (Å²) in [5.41, 5.74) is -0.251. The summed E-state index contributed by atoms with van der Waals surface area (Å²) in [4.78, 5) is 21.6. The van der Waals surface area contributed by atoms with E-state index < -0.39 is 39.0 Å². The molecule has 11 heteroatoms. The Labute approximate surface area is 164 Å². The van der Waals surface area contributed by atoms with Gasteiger partial charge < -0.3 is 14.5 Å². The Morgan fingerprint density at radius 3 is 2.10 bits per heavy atom. The SMILES string of the molecule is O=C([O-])C1=NN(c2ccc(S(=O)(=O)[O-])cc2)C(=O)C1.[Na+].[Na+]. The molecule has 1 aromatic rings. The molecule has 2 rings (SSSR count). The number of anilines is 1. The molecule has 0 atom stereocenters. The first kappa shape index (κ1) is 20.7. The molecule has 1 aromatic carbocycles. The molecule has 0 aromatic heterocycles. The summed E-state index contributed by atoms with van der Waals surface area (Å²) in [6, 6.07) is 4.39. The fourth-order valence-electron chi connectivity index (χ4n) is 1.50. The van der Waals surface area contributed by atoms with E-state index in [4.69, 9.17) is 0 Å². The Morgan fingerprint density at radius 1 is 1.19 bits per heavy atom. The number of hydrogen-bond acceptors (Lipinski definition) is 7. The third kappa shape index (κ3) is 4.86. The maximum atomic E-state index is 11.5. The summed E-state index contributed by atoms with van der Waals surface area (Å²) in [5.74, 6) is -2.13. The zero-order chi connectivity index (χ0) is 14.2. The Morgan fingerprint density at radius 2 is 1.71 bits per heavy atom. The van der Waals surface area contributed by atoms with Crippen LogP contribution in [0.4, 0.5) is 5.69 Å². The van der Waals surface area contributed by atoms with Crippen LogP contribution in [0.15, 0.2) is 34.3 Å². The quantitative estimate of drug-likeness (QED) is 0.400. The minimum absolute atomic E-state index is 0. The number of carbonyl (C=O) groups excluding carboxylic acids is 2. The molecule has 8 nitrogen and oxygen atoms in total. The maximum absolute atomic E-state index is 11.5. The normalized spacial score (nSPS) is 14.0. The zero-order valence-electron chi connectivity index (χ0n) is 11.3. The Kier molecular flexibility index (Phi) is 7.74. The van der Waals surface area contributed by atoms with E-state index >= 15 is 0 Å². The molecule has 0 radical (unpaired) electrons. The number of amides is 1. The van der Waals surface area contributed by atoms with Gasteiger partial charge in [-0.25, -0.2) is 13.4 Å². The molecule has 0 bridgehead atoms. The van der Waals surface area contributed by atoms with E-state index in [9.17, 15) is 27.7 Å². The van der Waals surface area contributed by atoms with Crippen molar-refractivity contribution in [2.75, 3.05) is 5.01 Å². The summed E-state index contributed by atoms with van der Waals surface area (Å²) in [5, 5.41) is 14.9. The van der Waals surface area contributed by atoms with E-state index in [1.54, 1.807) is 0 Å². The van der Waals surface area contributed by atoms with Gasteiger partial charge in [0.05, 0.1) is 28.7 Å². The van der Waals surface area contributed by atoms with Gasteiger partial charge in [0.1, 0.15) is 10.1 Å². The Hall–Kier alpha value is -0.260. The fraction of sp³-hybridized carbons (Fsp3) is 0.100. The third-order valence-corrected chi connectivity index (χ3v) is 3.23. The van der Waals surface area contributed by atoms with Crippen LogP contribution < -0.4 is 69.2 Å². The van der Waals surface area contributed by atoms with Crippen molar-refractivity contribution < 1.29 is 86.8 Å². The van der Waals surface area contributed by atoms with Crippen LogP contribution in [0.5, 0.6) is 0 Å². The van der Waals surface area contributed by atoms with Crippen molar-refractivity contribution in [1.29, 1.82) is 0 Å². The molecule has 0 spiro atoms. The first-order chi connectivity index (χ1) is 8.79. The number of nitrogens with zero attached hydrogens (tertiary/aromatic N) is 2. The number of carbonyl (C=O) groups is 2. The van der Waals surface area contributed by atoms with E-state index in [2.05, 4.69) is 5.10 Å². The van der Waals surface area contributed by atoms with Crippen molar-refractivity contribution in [3.63, 3.8) is 0 Å². The van der Waals surface area contributed by atoms with Crippen LogP contribution in [-0.2, 0) is 19.7 Å². The average Bonchev–Trinajstić information content (AvgIpc) is 2.70. The van der Waals surface area contributed by atoms with Gasteiger partial charge in [-0.2, -0.15) is 5.10 Å². The van der Waals surface area contributed by atoms with Crippen LogP contribution in [0, 0.1) is 0 Å². The zero-order valence-corrected chi connectivity index (χ0v) is 16.1. The van der Waals surface area contributed by atoms with Crippen LogP contribution in [0.3, 0.4) is 0 Å². The molecule has 0 saturated carbocycles. The predicted octanol–water partition coefficient (Wildman–Crippen LogP) is -7.56. The van der Waals surface area contributed by atoms with Gasteiger partial charge in [0.2, 0.25) is 0 Å². The van der Waals surface area contributed by atoms with Gasteiger partial charge in [-0.15, -0.1) is 0 Å². The molecule has 1 heterocycles. The summed E-state index contributed by atoms with van der Waals surface area (Å²) in [6.07, 6.45) is -0.399. The summed E-state index contributed by atoms with van der Waals surface area (Å²) < 4.78 is 32.2. The van der Waals surface area contributed by atoms with E-state index in [0.717, 1.165) is 17.1 Å². The van der Waals surface area contributed by atoms with Crippen LogP contribution in [0.1, 0.15) is 6.42 Å². The van der Waals surface area contributed by atoms with Gasteiger partial charge in [-0.05, 0) is 24.3 Å². The van der Waals surface area contributed by atoms with Crippen LogP contribution in [0.2, 0.25) is 0 Å². The van der Waals surface area contributed by atoms with Gasteiger partial charge in [-0.3, -0.25) is 4.79 Å². The number of carboxylic acid groups (broad SMARTS) is 1. The maximum Gasteiger partial charge on any atom is 1.00 e. The smallest absolute Gasteiger partial charge is 0.744 e. The molecule has 0 aliphatic carbocycles. The van der Waals surface area contributed by atoms with Gasteiger partial charge in [0, 0.05) is 0 Å². The minimum atomic E-state index is -4.57. The molecular weight excluding hydrogens is 322 g/mol. The van der Waals surface area contributed by atoms with Gasteiger partial charge in [0.25, 0.3) is 5.91 Å². The second kappa shape index (κ2) is 7.84. The molecule has 0 unspecified atom stereocenters. The van der Waals surface area contributed by atoms with E-state index in [-0.39, 0.29) is 64.8 Å². The van der Waals surface area contributed by atoms with Gasteiger partial charge >= 0.3 is 59.1 Å². The van der Waals surface area contributed by atoms with Crippen molar-refractivity contribution in [3.05, 3.63) is 24.3 Å². The molecule has 100 valence electrons. The molecule has 21 heavy (non-hydrogen) atoms. The Bertz CT molecular complexity index is 686. The summed E-state index contributed by atoms with van der Waals surface area (Å²) >= 11 is 0. The molecule has 1 aliphatic heterocycles. The van der Waals surface area contributed by atoms with Crippen LogP contribution in [0.25, 0.3) is 0 Å². The molecule has 0 N–H and O–H groups in total. The molecule has 0 fully saturated rings. The summed E-state index contributed by atoms with van der Waals surface area (Å²) in [6.45, 7) is 0. The second-order valence-corrected chi connectivity index (χ2v) is 5.04. The minimum Gasteiger partial charge on any atom is -0.744 e. The second-order valence-electron chi connectivity index (χ2n) is 3.66. The monoisotopic (exact) mass is 328 g/mol. The Balaban J connectivity index is 0.00000200. The fourth-order valence-corrected chi connectivity index (χ4v) is 1.97. The number of carboxylic acids is 1. The van der Waals surface area contributed by atoms with Crippen LogP contribution >= 0.6 is 0 Å². The van der Waals surface area contributed by atoms with Gasteiger partial charge in [-0.1, -0.05) is 0 Å². The van der Waals surface area contributed by atoms with Crippen molar-refractivity contribution in [1.82, 2.24) is 0 Å². The summed E-state index contributed by atoms with van der Waals surface area (Å²) in [7, 11) is -4.57. The molecule has 1 amide bonds. The van der Waals surface area contributed by atoms with E-state index in [1.807, 2.05) is 0 Å². The topological polar surface area (TPSA) is 130 Å². The van der Waals surface area contributed by atoms with Crippen LogP contribution in [-0.4, -0.2) is 30.6 Å². The van der Waals surface area contributed by atoms with E-state index in [0.29, 0.717) is 0 Å². The molecular formula is C10H6N2Na2O6S. The van der Waals surface area contributed by atoms with Crippen molar-refractivity contribution >= 4 is 33.4 Å². The number of hydrazone groups is 1.